The molecule has 0 aromatic carbocycles. The van der Waals surface area contributed by atoms with Crippen LogP contribution in [0, 0.1) is 105 Å². The van der Waals surface area contributed by atoms with Crippen molar-refractivity contribution in [3.63, 3.8) is 0 Å². The average molecular weight is 254 g/mol. The van der Waals surface area contributed by atoms with Crippen LogP contribution < -0.4 is 5.73 Å². The van der Waals surface area contributed by atoms with Gasteiger partial charge in [-0.05, 0) is 0 Å². The first-order valence-corrected chi connectivity index (χ1v) is 4.63. The number of rotatable bonds is 0. The minimum absolute atomic E-state index is 0.800. The van der Waals surface area contributed by atoms with E-state index in [9.17, 15) is 10.1 Å². The molecule has 0 radical (unpaired) electrons. The van der Waals surface area contributed by atoms with E-state index in [1.54, 1.807) is 6.04 Å². The predicted molar refractivity (Wildman–Crippen MR) is 73.4 cm³/mol. The van der Waals surface area contributed by atoms with E-state index in [0.717, 1.165) is 0 Å². The summed E-state index contributed by atoms with van der Waals surface area (Å²) in [6.07, 6.45) is 0. The Morgan fingerprint density at radius 2 is 0.900 bits per heavy atom. The first-order valence-electron chi connectivity index (χ1n) is 4.63. The zero-order valence-electron chi connectivity index (χ0n) is 9.84. The van der Waals surface area contributed by atoms with Gasteiger partial charge in [0.1, 0.15) is 4.92 Å². The van der Waals surface area contributed by atoms with Crippen LogP contribution in [-0.2, 0) is 0 Å². The lowest BCUT2D eigenvalue weighted by molar-refractivity contribution is -0.379. The van der Waals surface area contributed by atoms with Gasteiger partial charge >= 0.3 is 6.04 Å². The normalized spacial score (nSPS) is 4.40. The van der Waals surface area contributed by atoms with Crippen molar-refractivity contribution < 1.29 is 4.92 Å². The summed E-state index contributed by atoms with van der Waals surface area (Å²) in [5, 5.41) is 9.79. The molecular formula is C16H2N2O2. The van der Waals surface area contributed by atoms with Crippen molar-refractivity contribution in [2.45, 2.75) is 0 Å². The van der Waals surface area contributed by atoms with E-state index in [1.807, 2.05) is 5.92 Å². The molecule has 0 spiro atoms. The second-order valence-corrected chi connectivity index (χ2v) is 2.26. The summed E-state index contributed by atoms with van der Waals surface area (Å²) in [6.45, 7) is 0. The minimum Gasteiger partial charge on any atom is -0.359 e. The Morgan fingerprint density at radius 3 is 1.20 bits per heavy atom. The van der Waals surface area contributed by atoms with Crippen molar-refractivity contribution >= 4 is 0 Å². The Kier molecular flexibility index (Phi) is 9.99. The molecule has 4 heteroatoms. The summed E-state index contributed by atoms with van der Waals surface area (Å²) in [6, 6.07) is 3.72. The van der Waals surface area contributed by atoms with Gasteiger partial charge in [0.05, 0.1) is 5.92 Å². The SMILES string of the molecule is NC#CC#CC#CC#CC#CC#CC#CC#C[N+](=O)[O-]. The Morgan fingerprint density at radius 1 is 0.600 bits per heavy atom. The molecule has 0 amide bonds. The summed E-state index contributed by atoms with van der Waals surface area (Å²) in [7, 11) is 0. The maximum absolute atomic E-state index is 9.79. The first kappa shape index (κ1) is 15.7. The summed E-state index contributed by atoms with van der Waals surface area (Å²) in [5.74, 6) is 32.6. The summed E-state index contributed by atoms with van der Waals surface area (Å²) >= 11 is 0. The molecule has 0 heterocycles. The van der Waals surface area contributed by atoms with Crippen molar-refractivity contribution in [2.75, 3.05) is 0 Å². The molecule has 0 aromatic rings. The average Bonchev–Trinajstić information content (AvgIpc) is 2.43. The van der Waals surface area contributed by atoms with E-state index in [2.05, 4.69) is 83.0 Å². The van der Waals surface area contributed by atoms with Gasteiger partial charge in [-0.25, -0.2) is 10.1 Å². The molecule has 0 aromatic heterocycles. The van der Waals surface area contributed by atoms with E-state index in [1.165, 1.54) is 0 Å². The summed E-state index contributed by atoms with van der Waals surface area (Å²) in [5.41, 5.74) is 4.87. The Labute approximate surface area is 116 Å². The first-order chi connectivity index (χ1) is 9.77. The van der Waals surface area contributed by atoms with E-state index in [4.69, 9.17) is 5.73 Å². The van der Waals surface area contributed by atoms with Crippen LogP contribution in [0.15, 0.2) is 0 Å². The molecule has 20 heavy (non-hydrogen) atoms. The molecule has 4 nitrogen and oxygen atoms in total. The lowest BCUT2D eigenvalue weighted by Gasteiger charge is -1.62. The topological polar surface area (TPSA) is 69.2 Å². The van der Waals surface area contributed by atoms with Gasteiger partial charge in [0.15, 0.2) is 0 Å². The summed E-state index contributed by atoms with van der Waals surface area (Å²) < 4.78 is 0. The molecule has 0 bridgehead atoms. The zero-order valence-corrected chi connectivity index (χ0v) is 9.84. The third-order valence-electron chi connectivity index (χ3n) is 1.03. The van der Waals surface area contributed by atoms with Gasteiger partial charge in [0, 0.05) is 83.0 Å². The molecule has 0 saturated heterocycles. The second-order valence-electron chi connectivity index (χ2n) is 2.26. The maximum Gasteiger partial charge on any atom is 0.304 e. The van der Waals surface area contributed by atoms with Crippen LogP contribution in [0.4, 0.5) is 0 Å². The van der Waals surface area contributed by atoms with Crippen molar-refractivity contribution in [2.24, 2.45) is 5.73 Å². The molecule has 0 fully saturated rings. The second kappa shape index (κ2) is 12.7. The fourth-order valence-electron chi connectivity index (χ4n) is 0.485. The van der Waals surface area contributed by atoms with Gasteiger partial charge in [-0.15, -0.1) is 0 Å². The molecule has 2 N–H and O–H groups in total. The lowest BCUT2D eigenvalue weighted by Crippen LogP contribution is -1.81. The maximum atomic E-state index is 9.79. The molecule has 0 unspecified atom stereocenters. The van der Waals surface area contributed by atoms with Crippen molar-refractivity contribution in [3.05, 3.63) is 10.1 Å². The Balaban J connectivity index is 4.34. The van der Waals surface area contributed by atoms with Crippen LogP contribution in [0.1, 0.15) is 0 Å². The Bertz CT molecular complexity index is 881. The number of nitrogens with two attached hydrogens (primary N) is 1. The molecule has 0 aliphatic heterocycles. The highest BCUT2D eigenvalue weighted by Crippen LogP contribution is 1.59. The molecule has 88 valence electrons. The van der Waals surface area contributed by atoms with Crippen LogP contribution in [0.5, 0.6) is 0 Å². The van der Waals surface area contributed by atoms with Gasteiger partial charge < -0.3 is 5.73 Å². The molecule has 0 atom stereocenters. The van der Waals surface area contributed by atoms with Crippen LogP contribution in [0.2, 0.25) is 0 Å². The van der Waals surface area contributed by atoms with Gasteiger partial charge in [-0.1, -0.05) is 0 Å². The smallest absolute Gasteiger partial charge is 0.304 e. The van der Waals surface area contributed by atoms with Crippen LogP contribution >= 0.6 is 0 Å². The highest BCUT2D eigenvalue weighted by molar-refractivity contribution is 5.45. The number of hydrogen-bond donors (Lipinski definition) is 1. The van der Waals surface area contributed by atoms with Gasteiger partial charge in [0.2, 0.25) is 0 Å². The molecule has 0 rings (SSSR count). The van der Waals surface area contributed by atoms with Crippen molar-refractivity contribution in [3.8, 4) is 95.0 Å². The minimum atomic E-state index is -0.800. The van der Waals surface area contributed by atoms with Crippen LogP contribution in [-0.4, -0.2) is 4.92 Å². The van der Waals surface area contributed by atoms with E-state index >= 15 is 0 Å². The van der Waals surface area contributed by atoms with Gasteiger partial charge in [-0.3, -0.25) is 0 Å². The van der Waals surface area contributed by atoms with Crippen molar-refractivity contribution in [1.82, 2.24) is 0 Å². The number of nitrogens with zero attached hydrogens (tertiary/aromatic N) is 1. The third kappa shape index (κ3) is 13.7. The molecular weight excluding hydrogens is 252 g/mol. The largest absolute Gasteiger partial charge is 0.359 e. The Hall–Kier alpha value is -4.32. The lowest BCUT2D eigenvalue weighted by atomic mass is 10.5. The quantitative estimate of drug-likeness (QED) is 0.265. The highest BCUT2D eigenvalue weighted by Gasteiger charge is 1.76. The molecule has 0 saturated carbocycles. The van der Waals surface area contributed by atoms with Crippen molar-refractivity contribution in [1.29, 1.82) is 0 Å². The fraction of sp³-hybridized carbons (Fsp3) is 0. The highest BCUT2D eigenvalue weighted by atomic mass is 16.6. The zero-order chi connectivity index (χ0) is 14.9. The predicted octanol–water partition coefficient (Wildman–Crippen LogP) is -0.836. The van der Waals surface area contributed by atoms with E-state index < -0.39 is 4.92 Å². The van der Waals surface area contributed by atoms with Gasteiger partial charge in [-0.2, -0.15) is 0 Å². The van der Waals surface area contributed by atoms with Gasteiger partial charge in [0.25, 0.3) is 0 Å². The van der Waals surface area contributed by atoms with Crippen LogP contribution in [0.3, 0.4) is 0 Å². The van der Waals surface area contributed by atoms with Crippen LogP contribution in [0.25, 0.3) is 0 Å². The molecule has 0 aliphatic rings. The van der Waals surface area contributed by atoms with E-state index in [-0.39, 0.29) is 0 Å². The third-order valence-corrected chi connectivity index (χ3v) is 1.03. The summed E-state index contributed by atoms with van der Waals surface area (Å²) in [4.78, 5) is 8.99. The number of nitro groups is 1. The molecule has 0 aliphatic carbocycles. The van der Waals surface area contributed by atoms with E-state index in [0.29, 0.717) is 0 Å². The number of hydrogen-bond acceptors (Lipinski definition) is 3. The standard InChI is InChI=1S/C16H2N2O2/c17-15-13-11-9-7-5-3-1-2-4-6-8-10-12-14-16-18(19)20/h17H2. The fourth-order valence-corrected chi connectivity index (χ4v) is 0.485. The monoisotopic (exact) mass is 254 g/mol.